The van der Waals surface area contributed by atoms with E-state index < -0.39 is 75.7 Å². The highest BCUT2D eigenvalue weighted by Gasteiger charge is 2.51. The first kappa shape index (κ1) is 57.1. The fourth-order valence-corrected chi connectivity index (χ4v) is 7.75. The summed E-state index contributed by atoms with van der Waals surface area (Å²) >= 11 is 0. The smallest absolute Gasteiger partial charge is 0.462 e. The van der Waals surface area contributed by atoms with Gasteiger partial charge in [-0.2, -0.15) is 0 Å². The summed E-state index contributed by atoms with van der Waals surface area (Å²) in [5.74, 6) is -1.21. The van der Waals surface area contributed by atoms with Crippen molar-refractivity contribution in [3.63, 3.8) is 0 Å². The van der Waals surface area contributed by atoms with Gasteiger partial charge in [0, 0.05) is 12.8 Å². The number of esters is 2. The molecule has 0 bridgehead atoms. The van der Waals surface area contributed by atoms with E-state index in [2.05, 4.69) is 98.9 Å². The van der Waals surface area contributed by atoms with Gasteiger partial charge in [0.05, 0.1) is 18.8 Å². The Morgan fingerprint density at radius 3 is 1.66 bits per heavy atom. The first-order chi connectivity index (χ1) is 30.9. The van der Waals surface area contributed by atoms with Gasteiger partial charge in [0.15, 0.2) is 6.10 Å². The Bertz CT molecular complexity index is 1510. The van der Waals surface area contributed by atoms with Crippen LogP contribution in [0.4, 0.5) is 0 Å². The van der Waals surface area contributed by atoms with Gasteiger partial charge in [0.25, 0.3) is 0 Å². The zero-order valence-corrected chi connectivity index (χ0v) is 39.1. The van der Waals surface area contributed by atoms with Gasteiger partial charge in [-0.3, -0.25) is 18.6 Å². The van der Waals surface area contributed by atoms with Crippen LogP contribution in [0.5, 0.6) is 0 Å². The topological polar surface area (TPSA) is 222 Å². The number of hydrogen-bond donors (Lipinski definition) is 6. The van der Waals surface area contributed by atoms with Crippen LogP contribution in [-0.2, 0) is 37.4 Å². The highest BCUT2D eigenvalue weighted by Crippen LogP contribution is 2.47. The van der Waals surface area contributed by atoms with Crippen LogP contribution in [-0.4, -0.2) is 111 Å². The van der Waals surface area contributed by atoms with E-state index in [4.69, 9.17) is 23.3 Å². The maximum absolute atomic E-state index is 12.9. The summed E-state index contributed by atoms with van der Waals surface area (Å²) < 4.78 is 39.3. The number of phosphoric acid groups is 1. The third-order valence-electron chi connectivity index (χ3n) is 10.6. The van der Waals surface area contributed by atoms with Crippen molar-refractivity contribution in [2.24, 2.45) is 0 Å². The normalized spacial score (nSPS) is 25.5. The zero-order valence-electron chi connectivity index (χ0n) is 38.2. The van der Waals surface area contributed by atoms with Crippen LogP contribution in [0, 0.1) is 0 Å². The molecule has 0 radical (unpaired) electrons. The Morgan fingerprint density at radius 1 is 0.578 bits per heavy atom. The highest BCUT2D eigenvalue weighted by molar-refractivity contribution is 7.47. The number of aliphatic hydroxyl groups is 5. The SMILES string of the molecule is CC/C=C\C/C=C\C/C=C\C/C=C\CCCCCCC(=O)OC[C@H](COP(=O)(O)OC1[C@H](O)[C@H](O)C(O)[C@H](O)[C@H]1O)OC(=O)CCCC1OC1C/C=C\C/C=C\C/C=C\CCCCC. The molecule has 0 aromatic rings. The molecule has 364 valence electrons. The molecule has 14 nitrogen and oxygen atoms in total. The van der Waals surface area contributed by atoms with E-state index in [0.29, 0.717) is 19.3 Å². The van der Waals surface area contributed by atoms with Crippen LogP contribution in [0.3, 0.4) is 0 Å². The quantitative estimate of drug-likeness (QED) is 0.0115. The lowest BCUT2D eigenvalue weighted by atomic mass is 9.85. The van der Waals surface area contributed by atoms with Gasteiger partial charge in [-0.25, -0.2) is 4.57 Å². The fraction of sp³-hybridized carbons (Fsp3) is 0.673. The summed E-state index contributed by atoms with van der Waals surface area (Å²) in [5.41, 5.74) is 0. The number of rotatable bonds is 36. The number of epoxide rings is 1. The van der Waals surface area contributed by atoms with Gasteiger partial charge in [-0.05, 0) is 89.9 Å². The van der Waals surface area contributed by atoms with Crippen molar-refractivity contribution in [3.05, 3.63) is 85.1 Å². The summed E-state index contributed by atoms with van der Waals surface area (Å²) in [6, 6.07) is 0. The van der Waals surface area contributed by atoms with Gasteiger partial charge in [-0.15, -0.1) is 0 Å². The van der Waals surface area contributed by atoms with E-state index in [1.165, 1.54) is 19.3 Å². The third-order valence-corrected chi connectivity index (χ3v) is 11.6. The first-order valence-electron chi connectivity index (χ1n) is 23.5. The number of phosphoric ester groups is 1. The summed E-state index contributed by atoms with van der Waals surface area (Å²) in [7, 11) is -5.16. The van der Waals surface area contributed by atoms with Crippen molar-refractivity contribution in [3.8, 4) is 0 Å². The molecule has 1 saturated carbocycles. The summed E-state index contributed by atoms with van der Waals surface area (Å²) in [4.78, 5) is 35.8. The molecule has 2 rings (SSSR count). The van der Waals surface area contributed by atoms with Gasteiger partial charge >= 0.3 is 19.8 Å². The largest absolute Gasteiger partial charge is 0.472 e. The maximum Gasteiger partial charge on any atom is 0.472 e. The third kappa shape index (κ3) is 26.8. The van der Waals surface area contributed by atoms with E-state index in [-0.39, 0.29) is 25.0 Å². The Balaban J connectivity index is 1.76. The minimum absolute atomic E-state index is 0.00251. The minimum Gasteiger partial charge on any atom is -0.462 e. The molecule has 10 atom stereocenters. The van der Waals surface area contributed by atoms with Crippen LogP contribution >= 0.6 is 7.82 Å². The summed E-state index contributed by atoms with van der Waals surface area (Å²) in [6.07, 6.45) is 33.6. The fourth-order valence-electron chi connectivity index (χ4n) is 6.78. The number of hydrogen-bond acceptors (Lipinski definition) is 13. The van der Waals surface area contributed by atoms with E-state index in [9.17, 15) is 44.6 Å². The number of unbranched alkanes of at least 4 members (excludes halogenated alkanes) is 7. The Hall–Kier alpha value is -3.01. The van der Waals surface area contributed by atoms with Crippen molar-refractivity contribution in [1.29, 1.82) is 0 Å². The van der Waals surface area contributed by atoms with Crippen LogP contribution in [0.2, 0.25) is 0 Å². The average Bonchev–Trinajstić information content (AvgIpc) is 4.03. The van der Waals surface area contributed by atoms with Gasteiger partial charge in [0.2, 0.25) is 0 Å². The highest BCUT2D eigenvalue weighted by atomic mass is 31.2. The molecule has 0 spiro atoms. The Morgan fingerprint density at radius 2 is 1.08 bits per heavy atom. The second kappa shape index (κ2) is 35.2. The van der Waals surface area contributed by atoms with Gasteiger partial charge in [-0.1, -0.05) is 125 Å². The van der Waals surface area contributed by atoms with Crippen molar-refractivity contribution in [2.75, 3.05) is 13.2 Å². The molecule has 64 heavy (non-hydrogen) atoms. The molecule has 1 saturated heterocycles. The second-order valence-electron chi connectivity index (χ2n) is 16.3. The molecule has 0 amide bonds. The van der Waals surface area contributed by atoms with Crippen molar-refractivity contribution in [2.45, 2.75) is 197 Å². The predicted octanol–water partition coefficient (Wildman–Crippen LogP) is 8.26. The molecule has 1 heterocycles. The van der Waals surface area contributed by atoms with E-state index in [1.807, 2.05) is 0 Å². The second-order valence-corrected chi connectivity index (χ2v) is 17.7. The first-order valence-corrected chi connectivity index (χ1v) is 25.0. The molecule has 0 aromatic carbocycles. The standard InChI is InChI=1S/C49H79O14P/c1-3-5-7-9-11-13-15-17-18-19-20-21-23-25-27-29-31-35-42(50)59-37-39(38-60-64(57,58)63-49-47(55)45(53)44(52)46(54)48(49)56)61-43(51)36-32-34-41-40(62-41)33-30-28-26-24-22-16-14-12-10-8-6-4-2/h5,7,11-14,17-18,20-22,24,28,30,39-41,44-49,52-56H,3-4,6,8-10,15-16,19,23,25-27,29,31-38H2,1-2H3,(H,57,58)/b7-5-,13-11-,14-12-,18-17-,21-20-,24-22-,30-28-/t39-,40?,41?,44?,45-,46+,47-,48-,49?/m1/s1. The molecular weight excluding hydrogens is 843 g/mol. The molecular formula is C49H79O14P. The number of carbonyl (C=O) groups is 2. The summed E-state index contributed by atoms with van der Waals surface area (Å²) in [6.45, 7) is 3.06. The number of allylic oxidation sites excluding steroid dienone is 13. The molecule has 1 aliphatic heterocycles. The Kier molecular flexibility index (Phi) is 31.4. The molecule has 2 aliphatic rings. The van der Waals surface area contributed by atoms with Crippen LogP contribution in [0.1, 0.15) is 142 Å². The summed E-state index contributed by atoms with van der Waals surface area (Å²) in [5, 5.41) is 50.2. The van der Waals surface area contributed by atoms with Crippen molar-refractivity contribution >= 4 is 19.8 Å². The Labute approximate surface area is 382 Å². The van der Waals surface area contributed by atoms with E-state index in [1.54, 1.807) is 0 Å². The number of aliphatic hydroxyl groups excluding tert-OH is 5. The van der Waals surface area contributed by atoms with Crippen molar-refractivity contribution < 1.29 is 67.8 Å². The predicted molar refractivity (Wildman–Crippen MR) is 248 cm³/mol. The maximum atomic E-state index is 12.9. The van der Waals surface area contributed by atoms with Gasteiger partial charge < -0.3 is 44.6 Å². The monoisotopic (exact) mass is 923 g/mol. The van der Waals surface area contributed by atoms with E-state index >= 15 is 0 Å². The lowest BCUT2D eigenvalue weighted by molar-refractivity contribution is -0.220. The molecule has 2 fully saturated rings. The van der Waals surface area contributed by atoms with Crippen molar-refractivity contribution in [1.82, 2.24) is 0 Å². The molecule has 15 heteroatoms. The van der Waals surface area contributed by atoms with Gasteiger partial charge in [0.1, 0.15) is 43.2 Å². The molecule has 5 unspecified atom stereocenters. The lowest BCUT2D eigenvalue weighted by Gasteiger charge is -2.41. The molecule has 0 aromatic heterocycles. The minimum atomic E-state index is -5.16. The lowest BCUT2D eigenvalue weighted by Crippen LogP contribution is -2.64. The van der Waals surface area contributed by atoms with Crippen LogP contribution < -0.4 is 0 Å². The van der Waals surface area contributed by atoms with Crippen LogP contribution in [0.25, 0.3) is 0 Å². The average molecular weight is 923 g/mol. The zero-order chi connectivity index (χ0) is 46.8. The number of carbonyl (C=O) groups excluding carboxylic acids is 2. The molecule has 1 aliphatic carbocycles. The van der Waals surface area contributed by atoms with E-state index in [0.717, 1.165) is 77.0 Å². The van der Waals surface area contributed by atoms with Crippen LogP contribution in [0.15, 0.2) is 85.1 Å². The number of ether oxygens (including phenoxy) is 3. The molecule has 6 N–H and O–H groups in total.